The predicted molar refractivity (Wildman–Crippen MR) is 78.7 cm³/mol. The highest BCUT2D eigenvalue weighted by Gasteiger charge is 2.19. The second-order valence-corrected chi connectivity index (χ2v) is 5.43. The zero-order chi connectivity index (χ0) is 15.4. The highest BCUT2D eigenvalue weighted by Crippen LogP contribution is 2.38. The summed E-state index contributed by atoms with van der Waals surface area (Å²) < 4.78 is 16.4. The van der Waals surface area contributed by atoms with E-state index in [-0.39, 0.29) is 19.3 Å². The molecule has 6 heteroatoms. The van der Waals surface area contributed by atoms with Crippen molar-refractivity contribution in [3.05, 3.63) is 17.7 Å². The summed E-state index contributed by atoms with van der Waals surface area (Å²) in [5, 5.41) is 3.33. The van der Waals surface area contributed by atoms with Crippen LogP contribution in [0.5, 0.6) is 17.2 Å². The van der Waals surface area contributed by atoms with Crippen molar-refractivity contribution < 1.29 is 19.0 Å². The van der Waals surface area contributed by atoms with Crippen molar-refractivity contribution >= 4 is 5.91 Å². The van der Waals surface area contributed by atoms with Crippen LogP contribution in [0.15, 0.2) is 12.1 Å². The van der Waals surface area contributed by atoms with Gasteiger partial charge in [0, 0.05) is 38.3 Å². The summed E-state index contributed by atoms with van der Waals surface area (Å²) in [6.07, 6.45) is 0. The largest absolute Gasteiger partial charge is 0.483 e. The lowest BCUT2D eigenvalue weighted by atomic mass is 10.1. The average Bonchev–Trinajstić information content (AvgIpc) is 2.88. The van der Waals surface area contributed by atoms with Crippen molar-refractivity contribution in [2.75, 3.05) is 27.5 Å². The van der Waals surface area contributed by atoms with E-state index in [9.17, 15) is 4.79 Å². The normalized spacial score (nSPS) is 12.6. The minimum atomic E-state index is -0.0876. The molecule has 0 radical (unpaired) electrons. The highest BCUT2D eigenvalue weighted by atomic mass is 16.7. The second kappa shape index (κ2) is 6.67. The van der Waals surface area contributed by atoms with Crippen molar-refractivity contribution in [1.29, 1.82) is 0 Å². The summed E-state index contributed by atoms with van der Waals surface area (Å²) in [5.74, 6) is 1.91. The van der Waals surface area contributed by atoms with Crippen LogP contribution < -0.4 is 19.5 Å². The van der Waals surface area contributed by atoms with Crippen LogP contribution in [-0.4, -0.2) is 44.3 Å². The third-order valence-corrected chi connectivity index (χ3v) is 3.11. The first-order valence-corrected chi connectivity index (χ1v) is 6.96. The van der Waals surface area contributed by atoms with Gasteiger partial charge in [0.15, 0.2) is 18.1 Å². The van der Waals surface area contributed by atoms with Gasteiger partial charge in [0.25, 0.3) is 5.91 Å². The van der Waals surface area contributed by atoms with E-state index in [1.807, 2.05) is 6.07 Å². The summed E-state index contributed by atoms with van der Waals surface area (Å²) in [4.78, 5) is 13.2. The molecule has 116 valence electrons. The first kappa shape index (κ1) is 15.4. The zero-order valence-corrected chi connectivity index (χ0v) is 12.9. The Morgan fingerprint density at radius 3 is 2.62 bits per heavy atom. The fraction of sp³-hybridized carbons (Fsp3) is 0.533. The first-order valence-electron chi connectivity index (χ1n) is 6.96. The lowest BCUT2D eigenvalue weighted by molar-refractivity contribution is -0.130. The van der Waals surface area contributed by atoms with E-state index in [2.05, 4.69) is 19.2 Å². The Kier molecular flexibility index (Phi) is 4.90. The summed E-state index contributed by atoms with van der Waals surface area (Å²) >= 11 is 0. The van der Waals surface area contributed by atoms with Gasteiger partial charge in [0.2, 0.25) is 6.79 Å². The van der Waals surface area contributed by atoms with Crippen LogP contribution in [0, 0.1) is 0 Å². The maximum Gasteiger partial charge on any atom is 0.259 e. The van der Waals surface area contributed by atoms with Gasteiger partial charge in [-0.05, 0) is 6.07 Å². The van der Waals surface area contributed by atoms with Crippen molar-refractivity contribution in [2.24, 2.45) is 0 Å². The van der Waals surface area contributed by atoms with Crippen molar-refractivity contribution in [3.63, 3.8) is 0 Å². The molecule has 1 aromatic rings. The maximum absolute atomic E-state index is 11.7. The van der Waals surface area contributed by atoms with E-state index in [4.69, 9.17) is 14.2 Å². The third kappa shape index (κ3) is 4.01. The molecular formula is C15H22N2O4. The Morgan fingerprint density at radius 2 is 2.00 bits per heavy atom. The molecule has 0 bridgehead atoms. The molecule has 1 N–H and O–H groups in total. The molecular weight excluding hydrogens is 272 g/mol. The van der Waals surface area contributed by atoms with Gasteiger partial charge < -0.3 is 24.4 Å². The molecule has 1 aromatic carbocycles. The van der Waals surface area contributed by atoms with E-state index in [0.29, 0.717) is 29.8 Å². The van der Waals surface area contributed by atoms with Crippen LogP contribution in [0.25, 0.3) is 0 Å². The molecule has 2 rings (SSSR count). The maximum atomic E-state index is 11.7. The Labute approximate surface area is 125 Å². The van der Waals surface area contributed by atoms with Crippen molar-refractivity contribution in [2.45, 2.75) is 26.4 Å². The number of amides is 1. The Bertz CT molecular complexity index is 515. The molecule has 0 atom stereocenters. The van der Waals surface area contributed by atoms with Gasteiger partial charge in [0.05, 0.1) is 0 Å². The Balaban J connectivity index is 2.14. The predicted octanol–water partition coefficient (Wildman–Crippen LogP) is 1.38. The van der Waals surface area contributed by atoms with Crippen LogP contribution in [0.1, 0.15) is 19.4 Å². The number of likely N-dealkylation sites (N-methyl/N-ethyl adjacent to an activating group) is 1. The van der Waals surface area contributed by atoms with E-state index < -0.39 is 0 Å². The number of benzene rings is 1. The molecule has 0 saturated heterocycles. The Hall–Kier alpha value is -1.95. The van der Waals surface area contributed by atoms with Crippen LogP contribution in [0.3, 0.4) is 0 Å². The molecule has 0 saturated carbocycles. The van der Waals surface area contributed by atoms with Gasteiger partial charge in [0.1, 0.15) is 5.75 Å². The molecule has 1 heterocycles. The van der Waals surface area contributed by atoms with Crippen LogP contribution in [0.4, 0.5) is 0 Å². The molecule has 6 nitrogen and oxygen atoms in total. The molecule has 0 spiro atoms. The van der Waals surface area contributed by atoms with E-state index >= 15 is 0 Å². The first-order chi connectivity index (χ1) is 9.97. The third-order valence-electron chi connectivity index (χ3n) is 3.11. The van der Waals surface area contributed by atoms with Gasteiger partial charge in [-0.2, -0.15) is 0 Å². The van der Waals surface area contributed by atoms with Crippen molar-refractivity contribution in [1.82, 2.24) is 10.2 Å². The fourth-order valence-electron chi connectivity index (χ4n) is 1.82. The van der Waals surface area contributed by atoms with Gasteiger partial charge in [-0.1, -0.05) is 13.8 Å². The average molecular weight is 294 g/mol. The summed E-state index contributed by atoms with van der Waals surface area (Å²) in [5.41, 5.74) is 0.944. The topological polar surface area (TPSA) is 60.0 Å². The van der Waals surface area contributed by atoms with Gasteiger partial charge >= 0.3 is 0 Å². The molecule has 0 aromatic heterocycles. The number of nitrogens with zero attached hydrogens (tertiary/aromatic N) is 1. The number of hydrogen-bond donors (Lipinski definition) is 1. The number of ether oxygens (including phenoxy) is 3. The second-order valence-electron chi connectivity index (χ2n) is 5.43. The lowest BCUT2D eigenvalue weighted by Crippen LogP contribution is -2.28. The van der Waals surface area contributed by atoms with E-state index in [1.54, 1.807) is 20.2 Å². The quantitative estimate of drug-likeness (QED) is 0.859. The van der Waals surface area contributed by atoms with Crippen LogP contribution in [0.2, 0.25) is 0 Å². The summed E-state index contributed by atoms with van der Waals surface area (Å²) in [7, 11) is 3.40. The minimum absolute atomic E-state index is 0.00131. The number of nitrogens with one attached hydrogen (secondary N) is 1. The molecule has 1 aliphatic rings. The molecule has 1 amide bonds. The molecule has 0 aliphatic carbocycles. The SMILES string of the molecule is CC(C)NCc1cc2c(cc1OCC(=O)N(C)C)OCO2. The van der Waals surface area contributed by atoms with E-state index in [0.717, 1.165) is 5.56 Å². The monoisotopic (exact) mass is 294 g/mol. The van der Waals surface area contributed by atoms with Gasteiger partial charge in [-0.3, -0.25) is 4.79 Å². The number of carbonyl (C=O) groups excluding carboxylic acids is 1. The number of rotatable bonds is 6. The summed E-state index contributed by atoms with van der Waals surface area (Å²) in [6, 6.07) is 4.03. The van der Waals surface area contributed by atoms with Crippen molar-refractivity contribution in [3.8, 4) is 17.2 Å². The standard InChI is InChI=1S/C15H22N2O4/c1-10(2)16-7-11-5-13-14(21-9-20-13)6-12(11)19-8-15(18)17(3)4/h5-6,10,16H,7-9H2,1-4H3. The zero-order valence-electron chi connectivity index (χ0n) is 12.9. The number of fused-ring (bicyclic) bond motifs is 1. The highest BCUT2D eigenvalue weighted by molar-refractivity contribution is 5.77. The molecule has 21 heavy (non-hydrogen) atoms. The fourth-order valence-corrected chi connectivity index (χ4v) is 1.82. The molecule has 1 aliphatic heterocycles. The van der Waals surface area contributed by atoms with E-state index in [1.165, 1.54) is 4.90 Å². The molecule has 0 fully saturated rings. The van der Waals surface area contributed by atoms with Crippen LogP contribution >= 0.6 is 0 Å². The van der Waals surface area contributed by atoms with Gasteiger partial charge in [-0.25, -0.2) is 0 Å². The van der Waals surface area contributed by atoms with Gasteiger partial charge in [-0.15, -0.1) is 0 Å². The molecule has 0 unspecified atom stereocenters. The smallest absolute Gasteiger partial charge is 0.259 e. The number of hydrogen-bond acceptors (Lipinski definition) is 5. The van der Waals surface area contributed by atoms with Crippen LogP contribution in [-0.2, 0) is 11.3 Å². The minimum Gasteiger partial charge on any atom is -0.483 e. The summed E-state index contributed by atoms with van der Waals surface area (Å²) in [6.45, 7) is 5.00. The Morgan fingerprint density at radius 1 is 1.33 bits per heavy atom. The lowest BCUT2D eigenvalue weighted by Gasteiger charge is -2.16. The number of carbonyl (C=O) groups is 1.